The second kappa shape index (κ2) is 14.2. The largest absolute Gasteiger partial charge is 0.294 e. The average Bonchev–Trinajstić information content (AvgIpc) is 2.95. The molecule has 0 amide bonds. The predicted molar refractivity (Wildman–Crippen MR) is 161 cm³/mol. The van der Waals surface area contributed by atoms with Gasteiger partial charge in [0.05, 0.1) is 0 Å². The van der Waals surface area contributed by atoms with Gasteiger partial charge in [0.25, 0.3) is 0 Å². The van der Waals surface area contributed by atoms with Crippen molar-refractivity contribution in [2.45, 2.75) is 173 Å². The van der Waals surface area contributed by atoms with Crippen LogP contribution in [0, 0.1) is 29.6 Å². The fourth-order valence-electron chi connectivity index (χ4n) is 9.37. The Bertz CT molecular complexity index is 657. The van der Waals surface area contributed by atoms with Crippen LogP contribution in [0.3, 0.4) is 0 Å². The van der Waals surface area contributed by atoms with E-state index in [0.717, 1.165) is 47.7 Å². The van der Waals surface area contributed by atoms with Crippen LogP contribution in [0.15, 0.2) is 23.8 Å². The maximum atomic E-state index is 3.15. The van der Waals surface area contributed by atoms with Crippen molar-refractivity contribution in [1.29, 1.82) is 0 Å². The monoisotopic (exact) mass is 507 g/mol. The molecular formula is C36H61N. The number of nitrogens with zero attached hydrogens (tertiary/aromatic N) is 1. The van der Waals surface area contributed by atoms with Crippen molar-refractivity contribution in [1.82, 2.24) is 4.90 Å². The van der Waals surface area contributed by atoms with Crippen LogP contribution < -0.4 is 0 Å². The molecule has 5 aliphatic carbocycles. The Morgan fingerprint density at radius 3 is 1.32 bits per heavy atom. The van der Waals surface area contributed by atoms with Crippen molar-refractivity contribution in [3.63, 3.8) is 0 Å². The normalized spacial score (nSPS) is 37.2. The standard InChI is InChI=1S/C36H61N/c1-28-16-22-33(23-17-28)37(34-24-18-29(2)19-25-34)35-26-20-30(21-27-35)10-9-15-36(31-11-5-3-6-12-31)32-13-7-4-8-14-32/h9-10,15,28-35H,3-8,11-14,16-27H2,1-2H3. The smallest absolute Gasteiger partial charge is 0.0102 e. The van der Waals surface area contributed by atoms with Gasteiger partial charge in [-0.1, -0.05) is 76.2 Å². The van der Waals surface area contributed by atoms with Crippen molar-refractivity contribution >= 4 is 0 Å². The molecule has 0 heterocycles. The summed E-state index contributed by atoms with van der Waals surface area (Å²) in [5.41, 5.74) is 1.87. The summed E-state index contributed by atoms with van der Waals surface area (Å²) in [4.78, 5) is 3.15. The van der Waals surface area contributed by atoms with E-state index in [4.69, 9.17) is 0 Å². The molecule has 37 heavy (non-hydrogen) atoms. The Balaban J connectivity index is 1.19. The summed E-state index contributed by atoms with van der Waals surface area (Å²) in [6, 6.07) is 2.66. The third-order valence-electron chi connectivity index (χ3n) is 11.8. The number of rotatable bonds is 7. The van der Waals surface area contributed by atoms with Crippen molar-refractivity contribution < 1.29 is 0 Å². The third kappa shape index (κ3) is 7.77. The highest BCUT2D eigenvalue weighted by Gasteiger charge is 2.37. The summed E-state index contributed by atoms with van der Waals surface area (Å²) >= 11 is 0. The van der Waals surface area contributed by atoms with Crippen molar-refractivity contribution in [2.75, 3.05) is 0 Å². The third-order valence-corrected chi connectivity index (χ3v) is 11.8. The highest BCUT2D eigenvalue weighted by Crippen LogP contribution is 2.41. The van der Waals surface area contributed by atoms with E-state index in [1.807, 2.05) is 5.57 Å². The summed E-state index contributed by atoms with van der Waals surface area (Å²) in [6.07, 6.45) is 40.1. The summed E-state index contributed by atoms with van der Waals surface area (Å²) in [6.45, 7) is 4.98. The zero-order valence-electron chi connectivity index (χ0n) is 24.9. The molecule has 0 unspecified atom stereocenters. The van der Waals surface area contributed by atoms with Crippen LogP contribution >= 0.6 is 0 Å². The van der Waals surface area contributed by atoms with E-state index < -0.39 is 0 Å². The van der Waals surface area contributed by atoms with E-state index in [-0.39, 0.29) is 0 Å². The molecule has 1 heteroatoms. The summed E-state index contributed by atoms with van der Waals surface area (Å²) in [7, 11) is 0. The zero-order valence-corrected chi connectivity index (χ0v) is 24.9. The van der Waals surface area contributed by atoms with Gasteiger partial charge < -0.3 is 0 Å². The molecule has 0 atom stereocenters. The summed E-state index contributed by atoms with van der Waals surface area (Å²) in [5, 5.41) is 0. The Kier molecular flexibility index (Phi) is 10.7. The number of hydrogen-bond acceptors (Lipinski definition) is 1. The quantitative estimate of drug-likeness (QED) is 0.310. The topological polar surface area (TPSA) is 3.24 Å². The maximum absolute atomic E-state index is 3.15. The van der Waals surface area contributed by atoms with Gasteiger partial charge in [0.1, 0.15) is 0 Å². The van der Waals surface area contributed by atoms with E-state index in [1.165, 1.54) is 141 Å². The molecule has 0 aromatic carbocycles. The number of hydrogen-bond donors (Lipinski definition) is 0. The van der Waals surface area contributed by atoms with E-state index in [9.17, 15) is 0 Å². The minimum atomic E-state index is 0.825. The van der Waals surface area contributed by atoms with Gasteiger partial charge in [0, 0.05) is 18.1 Å². The zero-order chi connectivity index (χ0) is 25.5. The fourth-order valence-corrected chi connectivity index (χ4v) is 9.37. The molecule has 5 aliphatic rings. The van der Waals surface area contributed by atoms with E-state index in [0.29, 0.717) is 0 Å². The predicted octanol–water partition coefficient (Wildman–Crippen LogP) is 10.6. The van der Waals surface area contributed by atoms with Crippen molar-refractivity contribution in [3.05, 3.63) is 23.8 Å². The van der Waals surface area contributed by atoms with E-state index >= 15 is 0 Å². The SMILES string of the molecule is CC1CCC(N(C2CCC(C)CC2)C2CCC(C=CC=C(C3CCCCC3)C3CCCCC3)CC2)CC1. The second-order valence-corrected chi connectivity index (χ2v) is 14.6. The Hall–Kier alpha value is -0.560. The van der Waals surface area contributed by atoms with Crippen LogP contribution in [0.5, 0.6) is 0 Å². The molecule has 0 aromatic rings. The molecule has 1 nitrogen and oxygen atoms in total. The Morgan fingerprint density at radius 1 is 0.486 bits per heavy atom. The molecule has 5 saturated carbocycles. The lowest BCUT2D eigenvalue weighted by molar-refractivity contribution is 0.00816. The fraction of sp³-hybridized carbons (Fsp3) is 0.889. The molecule has 0 radical (unpaired) electrons. The Labute approximate surface area is 231 Å². The highest BCUT2D eigenvalue weighted by atomic mass is 15.2. The lowest BCUT2D eigenvalue weighted by Crippen LogP contribution is -2.52. The first kappa shape index (κ1) is 28.0. The van der Waals surface area contributed by atoms with Crippen LogP contribution in [0.2, 0.25) is 0 Å². The average molecular weight is 508 g/mol. The van der Waals surface area contributed by atoms with E-state index in [1.54, 1.807) is 0 Å². The lowest BCUT2D eigenvalue weighted by atomic mass is 9.73. The van der Waals surface area contributed by atoms with Crippen LogP contribution in [0.25, 0.3) is 0 Å². The summed E-state index contributed by atoms with van der Waals surface area (Å²) < 4.78 is 0. The van der Waals surface area contributed by atoms with Crippen LogP contribution in [-0.4, -0.2) is 23.0 Å². The molecule has 0 N–H and O–H groups in total. The van der Waals surface area contributed by atoms with Crippen LogP contribution in [0.4, 0.5) is 0 Å². The lowest BCUT2D eigenvalue weighted by Gasteiger charge is -2.49. The first-order valence-corrected chi connectivity index (χ1v) is 17.3. The van der Waals surface area contributed by atoms with Gasteiger partial charge in [0.2, 0.25) is 0 Å². The van der Waals surface area contributed by atoms with Gasteiger partial charge in [-0.25, -0.2) is 0 Å². The first-order valence-electron chi connectivity index (χ1n) is 17.3. The first-order chi connectivity index (χ1) is 18.2. The van der Waals surface area contributed by atoms with Gasteiger partial charge >= 0.3 is 0 Å². The molecule has 0 bridgehead atoms. The van der Waals surface area contributed by atoms with Gasteiger partial charge in [-0.3, -0.25) is 4.90 Å². The van der Waals surface area contributed by atoms with E-state index in [2.05, 4.69) is 37.0 Å². The van der Waals surface area contributed by atoms with Crippen molar-refractivity contribution in [3.8, 4) is 0 Å². The minimum absolute atomic E-state index is 0.825. The highest BCUT2D eigenvalue weighted by molar-refractivity contribution is 5.20. The van der Waals surface area contributed by atoms with Crippen molar-refractivity contribution in [2.24, 2.45) is 29.6 Å². The maximum Gasteiger partial charge on any atom is 0.0102 e. The van der Waals surface area contributed by atoms with Crippen LogP contribution in [0.1, 0.15) is 155 Å². The van der Waals surface area contributed by atoms with Crippen LogP contribution in [-0.2, 0) is 0 Å². The molecule has 5 rings (SSSR count). The summed E-state index contributed by atoms with van der Waals surface area (Å²) in [5.74, 6) is 4.56. The second-order valence-electron chi connectivity index (χ2n) is 14.6. The van der Waals surface area contributed by atoms with Gasteiger partial charge in [-0.05, 0) is 132 Å². The molecule has 0 aromatic heterocycles. The molecule has 0 spiro atoms. The molecule has 5 fully saturated rings. The minimum Gasteiger partial charge on any atom is -0.294 e. The number of allylic oxidation sites excluding steroid dienone is 4. The molecular weight excluding hydrogens is 446 g/mol. The molecule has 0 aliphatic heterocycles. The Morgan fingerprint density at radius 2 is 0.892 bits per heavy atom. The van der Waals surface area contributed by atoms with Gasteiger partial charge in [-0.2, -0.15) is 0 Å². The molecule has 0 saturated heterocycles. The van der Waals surface area contributed by atoms with Gasteiger partial charge in [0.15, 0.2) is 0 Å². The van der Waals surface area contributed by atoms with Gasteiger partial charge in [-0.15, -0.1) is 0 Å². The molecule has 210 valence electrons.